The largest absolute Gasteiger partial charge is 0.379 e. The Morgan fingerprint density at radius 3 is 2.55 bits per heavy atom. The highest BCUT2D eigenvalue weighted by Crippen LogP contribution is 2.28. The molecule has 0 radical (unpaired) electrons. The Morgan fingerprint density at radius 1 is 1.17 bits per heavy atom. The molecule has 0 spiro atoms. The Kier molecular flexibility index (Phi) is 7.34. The van der Waals surface area contributed by atoms with Gasteiger partial charge in [-0.25, -0.2) is 8.42 Å². The number of carbonyl (C=O) groups is 1. The van der Waals surface area contributed by atoms with Crippen molar-refractivity contribution in [2.75, 3.05) is 37.4 Å². The van der Waals surface area contributed by atoms with E-state index < -0.39 is 10.0 Å². The number of hydrogen-bond acceptors (Lipinski definition) is 5. The van der Waals surface area contributed by atoms with Crippen molar-refractivity contribution in [2.24, 2.45) is 0 Å². The summed E-state index contributed by atoms with van der Waals surface area (Å²) in [5.41, 5.74) is 2.31. The van der Waals surface area contributed by atoms with Gasteiger partial charge in [-0.1, -0.05) is 36.4 Å². The first-order valence-corrected chi connectivity index (χ1v) is 12.0. The summed E-state index contributed by atoms with van der Waals surface area (Å²) in [5.74, 6) is 0.131. The van der Waals surface area contributed by atoms with Crippen LogP contribution in [0.2, 0.25) is 0 Å². The minimum Gasteiger partial charge on any atom is -0.379 e. The lowest BCUT2D eigenvalue weighted by Gasteiger charge is -2.26. The van der Waals surface area contributed by atoms with Gasteiger partial charge in [-0.3, -0.25) is 4.79 Å². The molecule has 1 aliphatic rings. The van der Waals surface area contributed by atoms with Gasteiger partial charge in [0.2, 0.25) is 15.9 Å². The molecule has 2 aromatic rings. The van der Waals surface area contributed by atoms with Gasteiger partial charge in [0.1, 0.15) is 0 Å². The molecular formula is C21H26N2O4S2. The van der Waals surface area contributed by atoms with Crippen molar-refractivity contribution in [1.29, 1.82) is 0 Å². The van der Waals surface area contributed by atoms with Crippen LogP contribution in [0.4, 0.5) is 5.69 Å². The molecule has 0 aromatic heterocycles. The Balaban J connectivity index is 1.65. The van der Waals surface area contributed by atoms with E-state index in [1.54, 1.807) is 36.9 Å². The number of benzene rings is 2. The first-order valence-electron chi connectivity index (χ1n) is 9.53. The summed E-state index contributed by atoms with van der Waals surface area (Å²) in [4.78, 5) is 12.6. The van der Waals surface area contributed by atoms with Gasteiger partial charge >= 0.3 is 0 Å². The van der Waals surface area contributed by atoms with Crippen LogP contribution < -0.4 is 5.32 Å². The van der Waals surface area contributed by atoms with Gasteiger partial charge in [-0.15, -0.1) is 11.8 Å². The number of thioether (sulfide) groups is 1. The standard InChI is InChI=1S/C21H26N2O4S2/c1-16-8-9-19(14-20(16)29(25,26)23-10-12-27-13-11-23)22-21(24)15-28-17(2)18-6-4-3-5-7-18/h3-9,14,17H,10-13,15H2,1-2H3,(H,22,24). The fraction of sp³-hybridized carbons (Fsp3) is 0.381. The van der Waals surface area contributed by atoms with Crippen molar-refractivity contribution in [1.82, 2.24) is 4.31 Å². The smallest absolute Gasteiger partial charge is 0.243 e. The summed E-state index contributed by atoms with van der Waals surface area (Å²) in [7, 11) is -3.62. The number of rotatable bonds is 7. The zero-order valence-electron chi connectivity index (χ0n) is 16.6. The Labute approximate surface area is 176 Å². The van der Waals surface area contributed by atoms with Gasteiger partial charge in [-0.2, -0.15) is 4.31 Å². The van der Waals surface area contributed by atoms with E-state index in [9.17, 15) is 13.2 Å². The second-order valence-corrected chi connectivity index (χ2v) is 10.1. The average Bonchev–Trinajstić information content (AvgIpc) is 2.74. The maximum absolute atomic E-state index is 13.0. The van der Waals surface area contributed by atoms with Crippen LogP contribution in [0, 0.1) is 6.92 Å². The maximum Gasteiger partial charge on any atom is 0.243 e. The number of aryl methyl sites for hydroxylation is 1. The summed E-state index contributed by atoms with van der Waals surface area (Å²) < 4.78 is 32.6. The second-order valence-electron chi connectivity index (χ2n) is 6.91. The lowest BCUT2D eigenvalue weighted by atomic mass is 10.2. The molecular weight excluding hydrogens is 408 g/mol. The van der Waals surface area contributed by atoms with Crippen LogP contribution in [-0.4, -0.2) is 50.7 Å². The number of nitrogens with zero attached hydrogens (tertiary/aromatic N) is 1. The fourth-order valence-corrected chi connectivity index (χ4v) is 5.58. The Morgan fingerprint density at radius 2 is 1.86 bits per heavy atom. The highest BCUT2D eigenvalue weighted by atomic mass is 32.2. The minimum atomic E-state index is -3.62. The third-order valence-corrected chi connectivity index (χ3v) is 8.03. The van der Waals surface area contributed by atoms with E-state index in [2.05, 4.69) is 12.2 Å². The first kappa shape index (κ1) is 21.8. The number of sulfonamides is 1. The minimum absolute atomic E-state index is 0.156. The summed E-state index contributed by atoms with van der Waals surface area (Å²) >= 11 is 1.54. The molecule has 2 aromatic carbocycles. The number of anilines is 1. The summed E-state index contributed by atoms with van der Waals surface area (Å²) in [6.07, 6.45) is 0. The predicted molar refractivity (Wildman–Crippen MR) is 117 cm³/mol. The third-order valence-electron chi connectivity index (χ3n) is 4.79. The van der Waals surface area contributed by atoms with Crippen LogP contribution in [0.5, 0.6) is 0 Å². The van der Waals surface area contributed by atoms with Crippen LogP contribution in [0.1, 0.15) is 23.3 Å². The molecule has 3 rings (SSSR count). The van der Waals surface area contributed by atoms with Gasteiger partial charge in [0.05, 0.1) is 23.9 Å². The Hall–Kier alpha value is -1.87. The van der Waals surface area contributed by atoms with E-state index in [0.29, 0.717) is 37.6 Å². The number of hydrogen-bond donors (Lipinski definition) is 1. The zero-order chi connectivity index (χ0) is 20.9. The van der Waals surface area contributed by atoms with Gasteiger partial charge in [0.25, 0.3) is 0 Å². The molecule has 0 aliphatic carbocycles. The molecule has 0 bridgehead atoms. The van der Waals surface area contributed by atoms with Gasteiger partial charge in [0, 0.05) is 24.0 Å². The van der Waals surface area contributed by atoms with Crippen molar-refractivity contribution >= 4 is 33.4 Å². The van der Waals surface area contributed by atoms with E-state index in [0.717, 1.165) is 0 Å². The number of nitrogens with one attached hydrogen (secondary N) is 1. The molecule has 1 atom stereocenters. The van der Waals surface area contributed by atoms with Gasteiger partial charge < -0.3 is 10.1 Å². The van der Waals surface area contributed by atoms with Crippen LogP contribution in [0.15, 0.2) is 53.4 Å². The van der Waals surface area contributed by atoms with Crippen LogP contribution in [0.3, 0.4) is 0 Å². The molecule has 0 saturated carbocycles. The monoisotopic (exact) mass is 434 g/mol. The molecule has 6 nitrogen and oxygen atoms in total. The second kappa shape index (κ2) is 9.75. The molecule has 1 amide bonds. The number of ether oxygens (including phenoxy) is 1. The first-order chi connectivity index (χ1) is 13.9. The molecule has 156 valence electrons. The lowest BCUT2D eigenvalue weighted by Crippen LogP contribution is -2.40. The quantitative estimate of drug-likeness (QED) is 0.722. The highest BCUT2D eigenvalue weighted by molar-refractivity contribution is 8.00. The van der Waals surface area contributed by atoms with E-state index >= 15 is 0 Å². The average molecular weight is 435 g/mol. The van der Waals surface area contributed by atoms with E-state index in [-0.39, 0.29) is 21.8 Å². The van der Waals surface area contributed by atoms with Crippen LogP contribution in [0.25, 0.3) is 0 Å². The molecule has 1 saturated heterocycles. The van der Waals surface area contributed by atoms with Crippen molar-refractivity contribution in [3.05, 3.63) is 59.7 Å². The van der Waals surface area contributed by atoms with Crippen molar-refractivity contribution in [3.63, 3.8) is 0 Å². The predicted octanol–water partition coefficient (Wildman–Crippen LogP) is 3.45. The molecule has 29 heavy (non-hydrogen) atoms. The molecule has 1 fully saturated rings. The van der Waals surface area contributed by atoms with Gasteiger partial charge in [0.15, 0.2) is 0 Å². The number of amides is 1. The van der Waals surface area contributed by atoms with Gasteiger partial charge in [-0.05, 0) is 37.1 Å². The van der Waals surface area contributed by atoms with E-state index in [4.69, 9.17) is 4.74 Å². The summed E-state index contributed by atoms with van der Waals surface area (Å²) in [6.45, 7) is 5.29. The third kappa shape index (κ3) is 5.60. The topological polar surface area (TPSA) is 75.7 Å². The van der Waals surface area contributed by atoms with E-state index in [1.807, 2.05) is 30.3 Å². The van der Waals surface area contributed by atoms with E-state index in [1.165, 1.54) is 9.87 Å². The fourth-order valence-electron chi connectivity index (χ4n) is 3.10. The highest BCUT2D eigenvalue weighted by Gasteiger charge is 2.28. The number of carbonyl (C=O) groups excluding carboxylic acids is 1. The van der Waals surface area contributed by atoms with Crippen molar-refractivity contribution < 1.29 is 17.9 Å². The summed E-state index contributed by atoms with van der Waals surface area (Å²) in [5, 5.41) is 3.02. The molecule has 1 aliphatic heterocycles. The van der Waals surface area contributed by atoms with Crippen molar-refractivity contribution in [3.8, 4) is 0 Å². The Bertz CT molecular complexity index is 942. The SMILES string of the molecule is Cc1ccc(NC(=O)CSC(C)c2ccccc2)cc1S(=O)(=O)N1CCOCC1. The van der Waals surface area contributed by atoms with Crippen LogP contribution >= 0.6 is 11.8 Å². The normalized spacial score (nSPS) is 16.3. The molecule has 1 N–H and O–H groups in total. The molecule has 8 heteroatoms. The maximum atomic E-state index is 13.0. The zero-order valence-corrected chi connectivity index (χ0v) is 18.3. The lowest BCUT2D eigenvalue weighted by molar-refractivity contribution is -0.113. The number of morpholine rings is 1. The van der Waals surface area contributed by atoms with Crippen LogP contribution in [-0.2, 0) is 19.6 Å². The molecule has 1 unspecified atom stereocenters. The summed E-state index contributed by atoms with van der Waals surface area (Å²) in [6, 6.07) is 15.0. The van der Waals surface area contributed by atoms with Crippen molar-refractivity contribution in [2.45, 2.75) is 24.0 Å². The molecule has 1 heterocycles.